The van der Waals surface area contributed by atoms with Crippen molar-refractivity contribution in [2.45, 2.75) is 17.1 Å². The highest BCUT2D eigenvalue weighted by Crippen LogP contribution is 2.31. The Balaban J connectivity index is 1.79. The molecule has 2 heterocycles. The number of H-pyrrole nitrogens is 1. The minimum atomic E-state index is -0.300. The molecule has 6 nitrogen and oxygen atoms in total. The zero-order chi connectivity index (χ0) is 15.5. The van der Waals surface area contributed by atoms with Crippen LogP contribution in [0.5, 0.6) is 0 Å². The van der Waals surface area contributed by atoms with E-state index in [0.29, 0.717) is 11.0 Å². The van der Waals surface area contributed by atoms with Crippen LogP contribution in [-0.4, -0.2) is 31.3 Å². The van der Waals surface area contributed by atoms with Crippen molar-refractivity contribution in [2.24, 2.45) is 0 Å². The van der Waals surface area contributed by atoms with Gasteiger partial charge in [-0.3, -0.25) is 15.1 Å². The number of hydrogen-bond donors (Lipinski definition) is 2. The maximum atomic E-state index is 12.1. The van der Waals surface area contributed by atoms with Crippen molar-refractivity contribution >= 4 is 46.1 Å². The van der Waals surface area contributed by atoms with Crippen molar-refractivity contribution in [2.75, 3.05) is 5.32 Å². The molecule has 22 heavy (non-hydrogen) atoms. The van der Waals surface area contributed by atoms with Gasteiger partial charge >= 0.3 is 0 Å². The summed E-state index contributed by atoms with van der Waals surface area (Å²) in [5.74, 6) is 0.185. The standard InChI is InChI=1S/C14H12ClN5OS/c1-8(13(21)19-14-17-7-18-20-14)22-12-4-5-16-11-6-9(15)2-3-10(11)12/h2-8H,1H3,(H2,17,18,19,20,21)/t8-/m1/s1. The summed E-state index contributed by atoms with van der Waals surface area (Å²) in [5.41, 5.74) is 0.806. The van der Waals surface area contributed by atoms with Crippen LogP contribution in [0.1, 0.15) is 6.92 Å². The molecular weight excluding hydrogens is 322 g/mol. The van der Waals surface area contributed by atoms with Crippen LogP contribution in [0.3, 0.4) is 0 Å². The molecule has 1 atom stereocenters. The highest BCUT2D eigenvalue weighted by Gasteiger charge is 2.17. The molecule has 1 aromatic carbocycles. The van der Waals surface area contributed by atoms with Crippen molar-refractivity contribution in [3.8, 4) is 0 Å². The molecule has 0 aliphatic heterocycles. The third-order valence-corrected chi connectivity index (χ3v) is 4.41. The van der Waals surface area contributed by atoms with E-state index in [1.54, 1.807) is 12.3 Å². The number of pyridine rings is 1. The summed E-state index contributed by atoms with van der Waals surface area (Å²) < 4.78 is 0. The van der Waals surface area contributed by atoms with E-state index >= 15 is 0 Å². The number of nitrogens with zero attached hydrogens (tertiary/aromatic N) is 3. The van der Waals surface area contributed by atoms with Gasteiger partial charge in [0.15, 0.2) is 0 Å². The lowest BCUT2D eigenvalue weighted by Crippen LogP contribution is -2.23. The summed E-state index contributed by atoms with van der Waals surface area (Å²) in [6, 6.07) is 7.42. The Morgan fingerprint density at radius 2 is 2.23 bits per heavy atom. The zero-order valence-corrected chi connectivity index (χ0v) is 13.1. The molecule has 2 N–H and O–H groups in total. The second-order valence-electron chi connectivity index (χ2n) is 4.55. The summed E-state index contributed by atoms with van der Waals surface area (Å²) in [4.78, 5) is 21.3. The van der Waals surface area contributed by atoms with E-state index in [1.807, 2.05) is 25.1 Å². The Labute approximate surface area is 135 Å². The first kappa shape index (κ1) is 14.8. The third-order valence-electron chi connectivity index (χ3n) is 2.99. The van der Waals surface area contributed by atoms with Crippen molar-refractivity contribution in [3.63, 3.8) is 0 Å². The highest BCUT2D eigenvalue weighted by molar-refractivity contribution is 8.00. The molecule has 112 valence electrons. The van der Waals surface area contributed by atoms with Crippen LogP contribution in [0.4, 0.5) is 5.95 Å². The fourth-order valence-electron chi connectivity index (χ4n) is 1.93. The molecule has 0 aliphatic carbocycles. The van der Waals surface area contributed by atoms with Crippen LogP contribution in [0.15, 0.2) is 41.7 Å². The quantitative estimate of drug-likeness (QED) is 0.717. The van der Waals surface area contributed by atoms with Crippen molar-refractivity contribution in [1.82, 2.24) is 20.2 Å². The van der Waals surface area contributed by atoms with Gasteiger partial charge in [0, 0.05) is 21.5 Å². The number of amides is 1. The number of aromatic amines is 1. The average Bonchev–Trinajstić information content (AvgIpc) is 3.00. The maximum absolute atomic E-state index is 12.1. The molecule has 0 unspecified atom stereocenters. The first-order valence-electron chi connectivity index (χ1n) is 6.50. The summed E-state index contributed by atoms with van der Waals surface area (Å²) in [6.45, 7) is 1.83. The fourth-order valence-corrected chi connectivity index (χ4v) is 3.08. The lowest BCUT2D eigenvalue weighted by molar-refractivity contribution is -0.115. The molecule has 0 aliphatic rings. The summed E-state index contributed by atoms with van der Waals surface area (Å²) in [5, 5.41) is 10.3. The molecule has 0 fully saturated rings. The number of carbonyl (C=O) groups excluding carboxylic acids is 1. The first-order chi connectivity index (χ1) is 10.6. The van der Waals surface area contributed by atoms with Gasteiger partial charge in [-0.15, -0.1) is 11.8 Å². The number of halogens is 1. The Kier molecular flexibility index (Phi) is 4.26. The zero-order valence-electron chi connectivity index (χ0n) is 11.6. The number of benzene rings is 1. The molecule has 3 aromatic rings. The Bertz CT molecular complexity index is 808. The van der Waals surface area contributed by atoms with Gasteiger partial charge in [-0.25, -0.2) is 5.10 Å². The topological polar surface area (TPSA) is 83.6 Å². The van der Waals surface area contributed by atoms with Gasteiger partial charge in [0.1, 0.15) is 6.33 Å². The summed E-state index contributed by atoms with van der Waals surface area (Å²) in [7, 11) is 0. The first-order valence-corrected chi connectivity index (χ1v) is 7.76. The minimum absolute atomic E-state index is 0.152. The minimum Gasteiger partial charge on any atom is -0.294 e. The van der Waals surface area contributed by atoms with E-state index in [0.717, 1.165) is 15.8 Å². The number of fused-ring (bicyclic) bond motifs is 1. The molecule has 8 heteroatoms. The molecule has 2 aromatic heterocycles. The molecule has 0 saturated carbocycles. The average molecular weight is 334 g/mol. The molecule has 0 bridgehead atoms. The largest absolute Gasteiger partial charge is 0.294 e. The molecule has 0 radical (unpaired) electrons. The van der Waals surface area contributed by atoms with Crippen LogP contribution in [-0.2, 0) is 4.79 Å². The van der Waals surface area contributed by atoms with E-state index in [4.69, 9.17) is 11.6 Å². The van der Waals surface area contributed by atoms with Crippen molar-refractivity contribution < 1.29 is 4.79 Å². The van der Waals surface area contributed by atoms with Gasteiger partial charge < -0.3 is 0 Å². The second-order valence-corrected chi connectivity index (χ2v) is 6.37. The normalized spacial score (nSPS) is 12.3. The summed E-state index contributed by atoms with van der Waals surface area (Å²) in [6.07, 6.45) is 3.05. The lowest BCUT2D eigenvalue weighted by Gasteiger charge is -2.12. The Morgan fingerprint density at radius 3 is 3.00 bits per heavy atom. The van der Waals surface area contributed by atoms with Gasteiger partial charge in [-0.1, -0.05) is 17.7 Å². The van der Waals surface area contributed by atoms with Crippen LogP contribution in [0.25, 0.3) is 10.9 Å². The number of anilines is 1. The molecular formula is C14H12ClN5OS. The van der Waals surface area contributed by atoms with Gasteiger partial charge in [0.25, 0.3) is 0 Å². The van der Waals surface area contributed by atoms with Crippen LogP contribution in [0, 0.1) is 0 Å². The molecule has 0 spiro atoms. The number of hydrogen-bond acceptors (Lipinski definition) is 5. The maximum Gasteiger partial charge on any atom is 0.239 e. The molecule has 0 saturated heterocycles. The number of thioether (sulfide) groups is 1. The van der Waals surface area contributed by atoms with Gasteiger partial charge in [0.05, 0.1) is 10.8 Å². The SMILES string of the molecule is C[C@@H](Sc1ccnc2cc(Cl)ccc12)C(=O)Nc1ncn[nH]1. The number of nitrogens with one attached hydrogen (secondary N) is 2. The number of rotatable bonds is 4. The van der Waals surface area contributed by atoms with Crippen LogP contribution >= 0.6 is 23.4 Å². The Hall–Kier alpha value is -2.12. The number of carbonyl (C=O) groups is 1. The molecule has 3 rings (SSSR count). The summed E-state index contributed by atoms with van der Waals surface area (Å²) >= 11 is 7.43. The van der Waals surface area contributed by atoms with Gasteiger partial charge in [0.2, 0.25) is 11.9 Å². The monoisotopic (exact) mass is 333 g/mol. The van der Waals surface area contributed by atoms with E-state index < -0.39 is 0 Å². The van der Waals surface area contributed by atoms with E-state index in [-0.39, 0.29) is 11.2 Å². The van der Waals surface area contributed by atoms with E-state index in [9.17, 15) is 4.79 Å². The van der Waals surface area contributed by atoms with Crippen LogP contribution in [0.2, 0.25) is 5.02 Å². The third kappa shape index (κ3) is 3.20. The predicted octanol–water partition coefficient (Wildman–Crippen LogP) is 3.13. The highest BCUT2D eigenvalue weighted by atomic mass is 35.5. The fraction of sp³-hybridized carbons (Fsp3) is 0.143. The molecule has 1 amide bonds. The van der Waals surface area contributed by atoms with E-state index in [1.165, 1.54) is 18.1 Å². The van der Waals surface area contributed by atoms with E-state index in [2.05, 4.69) is 25.5 Å². The van der Waals surface area contributed by atoms with Crippen molar-refractivity contribution in [1.29, 1.82) is 0 Å². The van der Waals surface area contributed by atoms with Crippen LogP contribution < -0.4 is 5.32 Å². The second kappa shape index (κ2) is 6.33. The smallest absolute Gasteiger partial charge is 0.239 e. The lowest BCUT2D eigenvalue weighted by atomic mass is 10.2. The van der Waals surface area contributed by atoms with Gasteiger partial charge in [-0.2, -0.15) is 10.1 Å². The number of aromatic nitrogens is 4. The van der Waals surface area contributed by atoms with Crippen molar-refractivity contribution in [3.05, 3.63) is 41.8 Å². The van der Waals surface area contributed by atoms with Gasteiger partial charge in [-0.05, 0) is 25.1 Å². The Morgan fingerprint density at radius 1 is 1.36 bits per heavy atom. The predicted molar refractivity (Wildman–Crippen MR) is 87.1 cm³/mol.